The van der Waals surface area contributed by atoms with Crippen molar-refractivity contribution in [2.75, 3.05) is 7.11 Å². The van der Waals surface area contributed by atoms with E-state index in [1.165, 1.54) is 28.7 Å². The molecule has 6 nitrogen and oxygen atoms in total. The van der Waals surface area contributed by atoms with Crippen LogP contribution in [0.15, 0.2) is 58.3 Å². The molecule has 0 saturated carbocycles. The van der Waals surface area contributed by atoms with Crippen LogP contribution in [0.25, 0.3) is 0 Å². The van der Waals surface area contributed by atoms with Gasteiger partial charge in [-0.1, -0.05) is 45.9 Å². The standard InChI is InChI=1S/C23H28N2O4S2/c1-22(2,21(28)29-5)14-23(3,4)25-20(27)16-11-7-9-13-18(16)31-30-17-12-8-6-10-15(17)19(24)26/h6-13H,14H2,1-5H3,(H2,24,26)(H,25,27). The van der Waals surface area contributed by atoms with Gasteiger partial charge < -0.3 is 15.8 Å². The van der Waals surface area contributed by atoms with Gasteiger partial charge in [0.2, 0.25) is 5.91 Å². The number of ether oxygens (including phenoxy) is 1. The van der Waals surface area contributed by atoms with Gasteiger partial charge in [-0.25, -0.2) is 0 Å². The fourth-order valence-corrected chi connectivity index (χ4v) is 5.80. The SMILES string of the molecule is COC(=O)C(C)(C)CC(C)(C)NC(=O)c1ccccc1SSc1ccccc1C(N)=O. The molecule has 2 rings (SSSR count). The molecule has 3 N–H and O–H groups in total. The molecule has 0 unspecified atom stereocenters. The number of hydrogen-bond acceptors (Lipinski definition) is 6. The number of amides is 2. The van der Waals surface area contributed by atoms with Crippen LogP contribution < -0.4 is 11.1 Å². The first-order valence-electron chi connectivity index (χ1n) is 9.70. The van der Waals surface area contributed by atoms with E-state index >= 15 is 0 Å². The summed E-state index contributed by atoms with van der Waals surface area (Å²) >= 11 is 0. The molecule has 2 aromatic carbocycles. The smallest absolute Gasteiger partial charge is 0.311 e. The number of methoxy groups -OCH3 is 1. The molecule has 2 amide bonds. The highest BCUT2D eigenvalue weighted by Gasteiger charge is 2.36. The van der Waals surface area contributed by atoms with Gasteiger partial charge in [0.15, 0.2) is 0 Å². The van der Waals surface area contributed by atoms with Crippen molar-refractivity contribution in [1.29, 1.82) is 0 Å². The normalized spacial score (nSPS) is 11.6. The lowest BCUT2D eigenvalue weighted by Gasteiger charge is -2.34. The molecule has 0 spiro atoms. The van der Waals surface area contributed by atoms with Gasteiger partial charge in [-0.2, -0.15) is 0 Å². The van der Waals surface area contributed by atoms with Gasteiger partial charge in [-0.3, -0.25) is 14.4 Å². The molecular weight excluding hydrogens is 432 g/mol. The van der Waals surface area contributed by atoms with Crippen molar-refractivity contribution in [1.82, 2.24) is 5.32 Å². The molecule has 166 valence electrons. The molecule has 31 heavy (non-hydrogen) atoms. The van der Waals surface area contributed by atoms with Crippen LogP contribution in [0.4, 0.5) is 0 Å². The van der Waals surface area contributed by atoms with E-state index in [-0.39, 0.29) is 11.9 Å². The lowest BCUT2D eigenvalue weighted by atomic mass is 9.80. The molecule has 0 aliphatic rings. The number of hydrogen-bond donors (Lipinski definition) is 2. The average Bonchev–Trinajstić information content (AvgIpc) is 2.70. The van der Waals surface area contributed by atoms with Gasteiger partial charge in [-0.15, -0.1) is 0 Å². The Bertz CT molecular complexity index is 974. The summed E-state index contributed by atoms with van der Waals surface area (Å²) in [5.74, 6) is -1.06. The van der Waals surface area contributed by atoms with Crippen molar-refractivity contribution in [3.05, 3.63) is 59.7 Å². The van der Waals surface area contributed by atoms with E-state index in [0.29, 0.717) is 17.5 Å². The zero-order valence-electron chi connectivity index (χ0n) is 18.4. The first-order chi connectivity index (χ1) is 14.5. The van der Waals surface area contributed by atoms with Crippen LogP contribution in [-0.2, 0) is 9.53 Å². The molecule has 0 bridgehead atoms. The Kier molecular flexibility index (Phi) is 8.20. The zero-order valence-corrected chi connectivity index (χ0v) is 20.0. The second kappa shape index (κ2) is 10.2. The number of carbonyl (C=O) groups is 3. The summed E-state index contributed by atoms with van der Waals surface area (Å²) in [7, 11) is 4.11. The Labute approximate surface area is 191 Å². The first kappa shape index (κ1) is 24.8. The van der Waals surface area contributed by atoms with E-state index in [9.17, 15) is 14.4 Å². The van der Waals surface area contributed by atoms with E-state index in [1.54, 1.807) is 38.1 Å². The molecular formula is C23H28N2O4S2. The fraction of sp³-hybridized carbons (Fsp3) is 0.348. The van der Waals surface area contributed by atoms with Gasteiger partial charge in [0.25, 0.3) is 5.91 Å². The number of benzene rings is 2. The van der Waals surface area contributed by atoms with E-state index < -0.39 is 16.9 Å². The minimum absolute atomic E-state index is 0.238. The van der Waals surface area contributed by atoms with Crippen molar-refractivity contribution >= 4 is 39.4 Å². The maximum absolute atomic E-state index is 13.1. The van der Waals surface area contributed by atoms with Crippen LogP contribution >= 0.6 is 21.6 Å². The Morgan fingerprint density at radius 3 is 1.90 bits per heavy atom. The molecule has 0 aliphatic heterocycles. The van der Waals surface area contributed by atoms with Crippen molar-refractivity contribution in [3.8, 4) is 0 Å². The molecule has 8 heteroatoms. The number of carbonyl (C=O) groups excluding carboxylic acids is 3. The quantitative estimate of drug-likeness (QED) is 0.416. The third kappa shape index (κ3) is 6.77. The maximum Gasteiger partial charge on any atom is 0.311 e. The largest absolute Gasteiger partial charge is 0.469 e. The fourth-order valence-electron chi connectivity index (χ4n) is 3.43. The lowest BCUT2D eigenvalue weighted by molar-refractivity contribution is -0.152. The van der Waals surface area contributed by atoms with Crippen molar-refractivity contribution < 1.29 is 19.1 Å². The Morgan fingerprint density at radius 1 is 0.903 bits per heavy atom. The predicted octanol–water partition coefficient (Wildman–Crippen LogP) is 4.68. The third-order valence-electron chi connectivity index (χ3n) is 4.58. The van der Waals surface area contributed by atoms with Crippen molar-refractivity contribution in [2.45, 2.75) is 49.4 Å². The first-order valence-corrected chi connectivity index (χ1v) is 11.8. The van der Waals surface area contributed by atoms with Gasteiger partial charge >= 0.3 is 5.97 Å². The summed E-state index contributed by atoms with van der Waals surface area (Å²) in [5, 5.41) is 3.03. The molecule has 0 aromatic heterocycles. The van der Waals surface area contributed by atoms with Gasteiger partial charge in [0.05, 0.1) is 23.7 Å². The maximum atomic E-state index is 13.1. The number of nitrogens with two attached hydrogens (primary N) is 1. The molecule has 0 atom stereocenters. The number of rotatable bonds is 9. The summed E-state index contributed by atoms with van der Waals surface area (Å²) in [6.45, 7) is 7.35. The average molecular weight is 461 g/mol. The molecule has 0 fully saturated rings. The Hall–Kier alpha value is -2.45. The summed E-state index contributed by atoms with van der Waals surface area (Å²) in [4.78, 5) is 38.3. The van der Waals surface area contributed by atoms with Crippen LogP contribution in [0.1, 0.15) is 54.8 Å². The number of primary amides is 1. The minimum Gasteiger partial charge on any atom is -0.469 e. The Balaban J connectivity index is 2.17. The summed E-state index contributed by atoms with van der Waals surface area (Å²) in [6.07, 6.45) is 0.411. The zero-order chi connectivity index (χ0) is 23.2. The van der Waals surface area contributed by atoms with Crippen LogP contribution in [0.3, 0.4) is 0 Å². The van der Waals surface area contributed by atoms with Gasteiger partial charge in [-0.05, 0) is 58.4 Å². The number of esters is 1. The van der Waals surface area contributed by atoms with Gasteiger partial charge in [0.1, 0.15) is 0 Å². The molecule has 2 aromatic rings. The van der Waals surface area contributed by atoms with E-state index in [0.717, 1.165) is 9.79 Å². The second-order valence-corrected chi connectivity index (χ2v) is 10.6. The van der Waals surface area contributed by atoms with Crippen LogP contribution in [0.5, 0.6) is 0 Å². The summed E-state index contributed by atoms with van der Waals surface area (Å²) in [6, 6.07) is 14.3. The van der Waals surface area contributed by atoms with E-state index in [1.807, 2.05) is 38.1 Å². The highest BCUT2D eigenvalue weighted by atomic mass is 33.1. The van der Waals surface area contributed by atoms with Crippen LogP contribution in [0, 0.1) is 5.41 Å². The number of nitrogens with one attached hydrogen (secondary N) is 1. The van der Waals surface area contributed by atoms with Gasteiger partial charge in [0, 0.05) is 15.3 Å². The third-order valence-corrected chi connectivity index (χ3v) is 7.06. The summed E-state index contributed by atoms with van der Waals surface area (Å²) < 4.78 is 4.88. The highest BCUT2D eigenvalue weighted by molar-refractivity contribution is 8.76. The molecule has 0 saturated heterocycles. The van der Waals surface area contributed by atoms with Crippen LogP contribution in [0.2, 0.25) is 0 Å². The Morgan fingerprint density at radius 2 is 1.39 bits per heavy atom. The predicted molar refractivity (Wildman–Crippen MR) is 125 cm³/mol. The highest BCUT2D eigenvalue weighted by Crippen LogP contribution is 2.40. The lowest BCUT2D eigenvalue weighted by Crippen LogP contribution is -2.48. The van der Waals surface area contributed by atoms with E-state index in [4.69, 9.17) is 10.5 Å². The summed E-state index contributed by atoms with van der Waals surface area (Å²) in [5.41, 5.74) is 5.02. The minimum atomic E-state index is -0.742. The molecule has 0 heterocycles. The van der Waals surface area contributed by atoms with Crippen LogP contribution in [-0.4, -0.2) is 30.4 Å². The monoisotopic (exact) mass is 460 g/mol. The molecule has 0 radical (unpaired) electrons. The topological polar surface area (TPSA) is 98.5 Å². The second-order valence-electron chi connectivity index (χ2n) is 8.41. The molecule has 0 aliphatic carbocycles. The van der Waals surface area contributed by atoms with E-state index in [2.05, 4.69) is 5.32 Å². The van der Waals surface area contributed by atoms with Crippen molar-refractivity contribution in [2.24, 2.45) is 11.1 Å². The van der Waals surface area contributed by atoms with Crippen molar-refractivity contribution in [3.63, 3.8) is 0 Å².